The van der Waals surface area contributed by atoms with Crippen molar-refractivity contribution < 1.29 is 23.1 Å². The first-order valence-electron chi connectivity index (χ1n) is 6.11. The van der Waals surface area contributed by atoms with Gasteiger partial charge in [-0.1, -0.05) is 6.08 Å². The van der Waals surface area contributed by atoms with Gasteiger partial charge in [-0.2, -0.15) is 13.2 Å². The highest BCUT2D eigenvalue weighted by Gasteiger charge is 2.40. The fraction of sp³-hybridized carbons (Fsp3) is 0.615. The fourth-order valence-electron chi connectivity index (χ4n) is 2.54. The summed E-state index contributed by atoms with van der Waals surface area (Å²) < 4.78 is 37.5. The SMILES string of the molecule is CC(=O)C1=CSC(C2CC=C(C(F)(F)F)CC2)C1O. The van der Waals surface area contributed by atoms with Crippen LogP contribution >= 0.6 is 11.8 Å². The molecule has 0 aromatic heterocycles. The van der Waals surface area contributed by atoms with Crippen LogP contribution < -0.4 is 0 Å². The molecule has 0 saturated heterocycles. The zero-order chi connectivity index (χ0) is 14.2. The van der Waals surface area contributed by atoms with E-state index >= 15 is 0 Å². The molecule has 2 rings (SSSR count). The third-order valence-electron chi connectivity index (χ3n) is 3.67. The molecule has 0 bridgehead atoms. The van der Waals surface area contributed by atoms with Crippen molar-refractivity contribution in [1.29, 1.82) is 0 Å². The van der Waals surface area contributed by atoms with Crippen LogP contribution in [0.4, 0.5) is 13.2 Å². The summed E-state index contributed by atoms with van der Waals surface area (Å²) in [7, 11) is 0. The number of Topliss-reactive ketones (excluding diaryl/α,β-unsaturated/α-hetero) is 1. The van der Waals surface area contributed by atoms with Crippen molar-refractivity contribution in [1.82, 2.24) is 0 Å². The van der Waals surface area contributed by atoms with Gasteiger partial charge < -0.3 is 5.11 Å². The van der Waals surface area contributed by atoms with Crippen LogP contribution in [0.3, 0.4) is 0 Å². The molecular weight excluding hydrogens is 277 g/mol. The Kier molecular flexibility index (Phi) is 4.11. The molecule has 0 aromatic carbocycles. The largest absolute Gasteiger partial charge is 0.412 e. The predicted octanol–water partition coefficient (Wildman–Crippen LogP) is 3.22. The van der Waals surface area contributed by atoms with E-state index in [4.69, 9.17) is 0 Å². The Labute approximate surface area is 113 Å². The van der Waals surface area contributed by atoms with E-state index in [0.717, 1.165) is 0 Å². The van der Waals surface area contributed by atoms with Crippen molar-refractivity contribution in [3.63, 3.8) is 0 Å². The minimum atomic E-state index is -4.24. The number of hydrogen-bond acceptors (Lipinski definition) is 3. The Morgan fingerprint density at radius 2 is 2.16 bits per heavy atom. The molecule has 19 heavy (non-hydrogen) atoms. The molecule has 0 radical (unpaired) electrons. The van der Waals surface area contributed by atoms with Crippen molar-refractivity contribution in [2.45, 2.75) is 43.7 Å². The molecule has 0 spiro atoms. The number of carbonyl (C=O) groups excluding carboxylic acids is 1. The first-order chi connectivity index (χ1) is 8.80. The molecule has 1 heterocycles. The summed E-state index contributed by atoms with van der Waals surface area (Å²) in [6.45, 7) is 1.39. The molecule has 0 fully saturated rings. The monoisotopic (exact) mass is 292 g/mol. The highest BCUT2D eigenvalue weighted by Crippen LogP contribution is 2.43. The minimum Gasteiger partial charge on any atom is -0.387 e. The number of halogens is 3. The molecular formula is C13H15F3O2S. The van der Waals surface area contributed by atoms with Crippen LogP contribution in [0.15, 0.2) is 22.6 Å². The second-order valence-electron chi connectivity index (χ2n) is 4.94. The number of aliphatic hydroxyl groups excluding tert-OH is 1. The van der Waals surface area contributed by atoms with Gasteiger partial charge >= 0.3 is 6.18 Å². The maximum absolute atomic E-state index is 12.5. The molecule has 0 aromatic rings. The highest BCUT2D eigenvalue weighted by molar-refractivity contribution is 8.03. The molecule has 1 N–H and O–H groups in total. The summed E-state index contributed by atoms with van der Waals surface area (Å²) in [5.41, 5.74) is -0.0958. The normalized spacial score (nSPS) is 31.9. The Morgan fingerprint density at radius 1 is 1.47 bits per heavy atom. The predicted molar refractivity (Wildman–Crippen MR) is 67.6 cm³/mol. The molecule has 0 saturated carbocycles. The summed E-state index contributed by atoms with van der Waals surface area (Å²) in [6, 6.07) is 0. The topological polar surface area (TPSA) is 37.3 Å². The van der Waals surface area contributed by atoms with Crippen LogP contribution in [0.2, 0.25) is 0 Å². The van der Waals surface area contributed by atoms with Gasteiger partial charge in [-0.3, -0.25) is 4.79 Å². The van der Waals surface area contributed by atoms with Gasteiger partial charge in [-0.15, -0.1) is 11.8 Å². The van der Waals surface area contributed by atoms with Crippen molar-refractivity contribution in [2.24, 2.45) is 5.92 Å². The van der Waals surface area contributed by atoms with Crippen molar-refractivity contribution in [2.75, 3.05) is 0 Å². The summed E-state index contributed by atoms with van der Waals surface area (Å²) in [6.07, 6.45) is -3.16. The molecule has 2 aliphatic rings. The van der Waals surface area contributed by atoms with E-state index in [9.17, 15) is 23.1 Å². The lowest BCUT2D eigenvalue weighted by molar-refractivity contribution is -0.114. The number of rotatable bonds is 2. The molecule has 0 amide bonds. The second-order valence-corrected chi connectivity index (χ2v) is 5.99. The third-order valence-corrected chi connectivity index (χ3v) is 5.02. The van der Waals surface area contributed by atoms with E-state index < -0.39 is 17.9 Å². The van der Waals surface area contributed by atoms with Crippen LogP contribution in [-0.2, 0) is 4.79 Å². The number of thioether (sulfide) groups is 1. The Bertz CT molecular complexity index is 440. The quantitative estimate of drug-likeness (QED) is 0.794. The van der Waals surface area contributed by atoms with Crippen LogP contribution in [0, 0.1) is 5.92 Å². The average Bonchev–Trinajstić information content (AvgIpc) is 2.70. The fourth-order valence-corrected chi connectivity index (χ4v) is 3.92. The van der Waals surface area contributed by atoms with E-state index in [-0.39, 0.29) is 23.4 Å². The summed E-state index contributed by atoms with van der Waals surface area (Å²) in [5, 5.41) is 11.5. The average molecular weight is 292 g/mol. The Hall–Kier alpha value is -0.750. The number of aliphatic hydroxyl groups is 1. The third kappa shape index (κ3) is 3.05. The van der Waals surface area contributed by atoms with Gasteiger partial charge in [0, 0.05) is 16.4 Å². The zero-order valence-corrected chi connectivity index (χ0v) is 11.2. The van der Waals surface area contributed by atoms with Gasteiger partial charge in [0.1, 0.15) is 0 Å². The van der Waals surface area contributed by atoms with Crippen LogP contribution in [0.5, 0.6) is 0 Å². The molecule has 1 aliphatic carbocycles. The first kappa shape index (κ1) is 14.7. The highest BCUT2D eigenvalue weighted by atomic mass is 32.2. The lowest BCUT2D eigenvalue weighted by Crippen LogP contribution is -2.32. The molecule has 3 unspecified atom stereocenters. The molecule has 2 nitrogen and oxygen atoms in total. The van der Waals surface area contributed by atoms with Crippen LogP contribution in [0.25, 0.3) is 0 Å². The summed E-state index contributed by atoms with van der Waals surface area (Å²) in [5.74, 6) is -0.191. The van der Waals surface area contributed by atoms with Gasteiger partial charge in [-0.05, 0) is 37.5 Å². The second kappa shape index (κ2) is 5.32. The van der Waals surface area contributed by atoms with Gasteiger partial charge in [0.2, 0.25) is 0 Å². The zero-order valence-electron chi connectivity index (χ0n) is 10.4. The van der Waals surface area contributed by atoms with Crippen LogP contribution in [0.1, 0.15) is 26.2 Å². The lowest BCUT2D eigenvalue weighted by atomic mass is 9.84. The number of carbonyl (C=O) groups is 1. The minimum absolute atomic E-state index is 0.00660. The molecule has 6 heteroatoms. The van der Waals surface area contributed by atoms with Gasteiger partial charge in [0.25, 0.3) is 0 Å². The lowest BCUT2D eigenvalue weighted by Gasteiger charge is -2.29. The standard InChI is InChI=1S/C13H15F3O2S/c1-7(17)10-6-19-12(11(10)18)8-2-4-9(5-3-8)13(14,15)16/h4,6,8,11-12,18H,2-3,5H2,1H3. The molecule has 106 valence electrons. The number of alkyl halides is 3. The van der Waals surface area contributed by atoms with E-state index in [2.05, 4.69) is 0 Å². The van der Waals surface area contributed by atoms with Gasteiger partial charge in [0.05, 0.1) is 6.10 Å². The number of ketones is 1. The van der Waals surface area contributed by atoms with E-state index in [0.29, 0.717) is 18.4 Å². The van der Waals surface area contributed by atoms with Crippen molar-refractivity contribution >= 4 is 17.5 Å². The van der Waals surface area contributed by atoms with E-state index in [1.165, 1.54) is 24.8 Å². The Morgan fingerprint density at radius 3 is 2.58 bits per heavy atom. The number of hydrogen-bond donors (Lipinski definition) is 1. The summed E-state index contributed by atoms with van der Waals surface area (Å²) in [4.78, 5) is 11.3. The van der Waals surface area contributed by atoms with Crippen molar-refractivity contribution in [3.8, 4) is 0 Å². The van der Waals surface area contributed by atoms with Gasteiger partial charge in [-0.25, -0.2) is 0 Å². The smallest absolute Gasteiger partial charge is 0.387 e. The maximum Gasteiger partial charge on any atom is 0.412 e. The van der Waals surface area contributed by atoms with Crippen LogP contribution in [-0.4, -0.2) is 28.4 Å². The van der Waals surface area contributed by atoms with E-state index in [1.807, 2.05) is 0 Å². The Balaban J connectivity index is 2.01. The summed E-state index contributed by atoms with van der Waals surface area (Å²) >= 11 is 1.36. The van der Waals surface area contributed by atoms with Gasteiger partial charge in [0.15, 0.2) is 5.78 Å². The first-order valence-corrected chi connectivity index (χ1v) is 7.05. The molecule has 1 aliphatic heterocycles. The number of allylic oxidation sites excluding steroid dienone is 2. The molecule has 3 atom stereocenters. The van der Waals surface area contributed by atoms with Crippen molar-refractivity contribution in [3.05, 3.63) is 22.6 Å². The maximum atomic E-state index is 12.5. The van der Waals surface area contributed by atoms with E-state index in [1.54, 1.807) is 5.41 Å².